The van der Waals surface area contributed by atoms with Crippen LogP contribution in [0, 0.1) is 12.3 Å². The molecule has 0 aliphatic carbocycles. The highest BCUT2D eigenvalue weighted by molar-refractivity contribution is 7.10. The summed E-state index contributed by atoms with van der Waals surface area (Å²) in [6, 6.07) is 2.01. The van der Waals surface area contributed by atoms with Crippen molar-refractivity contribution in [2.45, 2.75) is 26.7 Å². The van der Waals surface area contributed by atoms with E-state index >= 15 is 0 Å². The second kappa shape index (κ2) is 4.06. The molecule has 2 heterocycles. The summed E-state index contributed by atoms with van der Waals surface area (Å²) in [5.41, 5.74) is 0.764. The zero-order valence-corrected chi connectivity index (χ0v) is 10.1. The van der Waals surface area contributed by atoms with E-state index in [2.05, 4.69) is 12.2 Å². The summed E-state index contributed by atoms with van der Waals surface area (Å²) in [7, 11) is 0. The van der Waals surface area contributed by atoms with Gasteiger partial charge in [-0.25, -0.2) is 0 Å². The van der Waals surface area contributed by atoms with Gasteiger partial charge in [-0.05, 0) is 38.9 Å². The molecule has 1 aromatic rings. The lowest BCUT2D eigenvalue weighted by Gasteiger charge is -2.32. The number of nitrogens with one attached hydrogen (secondary N) is 1. The van der Waals surface area contributed by atoms with Crippen LogP contribution in [0.3, 0.4) is 0 Å². The monoisotopic (exact) mass is 223 g/mol. The molecular formula is C12H17NOS. The molecule has 1 saturated heterocycles. The second-order valence-electron chi connectivity index (χ2n) is 4.59. The van der Waals surface area contributed by atoms with Gasteiger partial charge in [0.05, 0.1) is 0 Å². The Labute approximate surface area is 94.7 Å². The van der Waals surface area contributed by atoms with E-state index in [0.717, 1.165) is 31.5 Å². The van der Waals surface area contributed by atoms with Crippen molar-refractivity contribution in [2.24, 2.45) is 5.41 Å². The van der Waals surface area contributed by atoms with Crippen molar-refractivity contribution in [1.82, 2.24) is 5.32 Å². The zero-order chi connectivity index (χ0) is 10.9. The van der Waals surface area contributed by atoms with Crippen LogP contribution in [0.25, 0.3) is 0 Å². The van der Waals surface area contributed by atoms with Crippen LogP contribution in [-0.2, 0) is 0 Å². The van der Waals surface area contributed by atoms with Gasteiger partial charge >= 0.3 is 0 Å². The summed E-state index contributed by atoms with van der Waals surface area (Å²) in [6.45, 7) is 6.08. The summed E-state index contributed by atoms with van der Waals surface area (Å²) in [5.74, 6) is 0.327. The Kier molecular flexibility index (Phi) is 2.94. The average Bonchev–Trinajstić information content (AvgIpc) is 2.65. The first-order valence-corrected chi connectivity index (χ1v) is 6.30. The maximum atomic E-state index is 12.3. The minimum atomic E-state index is -0.140. The van der Waals surface area contributed by atoms with Crippen LogP contribution < -0.4 is 5.32 Å². The lowest BCUT2D eigenvalue weighted by Crippen LogP contribution is -2.39. The van der Waals surface area contributed by atoms with Gasteiger partial charge in [0.15, 0.2) is 5.78 Å². The quantitative estimate of drug-likeness (QED) is 0.781. The zero-order valence-electron chi connectivity index (χ0n) is 9.30. The van der Waals surface area contributed by atoms with Crippen LogP contribution in [0.4, 0.5) is 0 Å². The van der Waals surface area contributed by atoms with E-state index in [1.54, 1.807) is 11.3 Å². The van der Waals surface area contributed by atoms with Gasteiger partial charge in [0.2, 0.25) is 0 Å². The minimum Gasteiger partial charge on any atom is -0.317 e. The molecule has 0 radical (unpaired) electrons. The minimum absolute atomic E-state index is 0.140. The Morgan fingerprint density at radius 1 is 1.47 bits per heavy atom. The fourth-order valence-electron chi connectivity index (χ4n) is 2.12. The lowest BCUT2D eigenvalue weighted by atomic mass is 9.75. The molecule has 1 aromatic heterocycles. The number of carbonyl (C=O) groups excluding carboxylic acids is 1. The number of hydrogen-bond acceptors (Lipinski definition) is 3. The first-order valence-electron chi connectivity index (χ1n) is 5.42. The van der Waals surface area contributed by atoms with Crippen molar-refractivity contribution < 1.29 is 4.79 Å². The van der Waals surface area contributed by atoms with Crippen LogP contribution in [-0.4, -0.2) is 18.9 Å². The van der Waals surface area contributed by atoms with Crippen LogP contribution in [0.5, 0.6) is 0 Å². The van der Waals surface area contributed by atoms with Gasteiger partial charge in [-0.15, -0.1) is 11.3 Å². The van der Waals surface area contributed by atoms with Crippen molar-refractivity contribution >= 4 is 17.1 Å². The number of hydrogen-bond donors (Lipinski definition) is 1. The molecule has 0 amide bonds. The first-order chi connectivity index (χ1) is 7.12. The number of aryl methyl sites for hydroxylation is 1. The van der Waals surface area contributed by atoms with E-state index in [4.69, 9.17) is 0 Å². The third kappa shape index (κ3) is 2.13. The van der Waals surface area contributed by atoms with E-state index in [1.165, 1.54) is 4.88 Å². The van der Waals surface area contributed by atoms with E-state index < -0.39 is 0 Å². The largest absolute Gasteiger partial charge is 0.317 e. The molecule has 0 spiro atoms. The van der Waals surface area contributed by atoms with Crippen LogP contribution in [0.2, 0.25) is 0 Å². The third-order valence-electron chi connectivity index (χ3n) is 3.25. The van der Waals surface area contributed by atoms with Gasteiger partial charge in [0.1, 0.15) is 0 Å². The Hall–Kier alpha value is -0.670. The van der Waals surface area contributed by atoms with Gasteiger partial charge < -0.3 is 5.32 Å². The van der Waals surface area contributed by atoms with Crippen molar-refractivity contribution in [3.8, 4) is 0 Å². The van der Waals surface area contributed by atoms with Gasteiger partial charge in [0, 0.05) is 21.2 Å². The fraction of sp³-hybridized carbons (Fsp3) is 0.583. The molecule has 82 valence electrons. The first kappa shape index (κ1) is 10.8. The summed E-state index contributed by atoms with van der Waals surface area (Å²) in [4.78, 5) is 13.5. The van der Waals surface area contributed by atoms with Crippen molar-refractivity contribution in [1.29, 1.82) is 0 Å². The predicted molar refractivity (Wildman–Crippen MR) is 63.6 cm³/mol. The number of piperidine rings is 1. The molecule has 1 aliphatic rings. The molecule has 0 saturated carbocycles. The number of rotatable bonds is 2. The molecule has 3 heteroatoms. The summed E-state index contributed by atoms with van der Waals surface area (Å²) in [5, 5.41) is 5.29. The normalized spacial score (nSPS) is 20.1. The molecule has 0 aromatic carbocycles. The summed E-state index contributed by atoms with van der Waals surface area (Å²) in [6.07, 6.45) is 1.92. The van der Waals surface area contributed by atoms with Gasteiger partial charge in [-0.3, -0.25) is 4.79 Å². The van der Waals surface area contributed by atoms with Crippen molar-refractivity contribution in [3.63, 3.8) is 0 Å². The molecule has 1 fully saturated rings. The molecule has 2 rings (SSSR count). The number of ketones is 1. The molecule has 0 atom stereocenters. The molecular weight excluding hydrogens is 206 g/mol. The van der Waals surface area contributed by atoms with Crippen LogP contribution >= 0.6 is 11.3 Å². The Morgan fingerprint density at radius 3 is 2.67 bits per heavy atom. The Morgan fingerprint density at radius 2 is 2.13 bits per heavy atom. The van der Waals surface area contributed by atoms with Crippen molar-refractivity contribution in [3.05, 3.63) is 21.9 Å². The number of Topliss-reactive ketones (excluding diaryl/α,β-unsaturated/α-hetero) is 1. The lowest BCUT2D eigenvalue weighted by molar-refractivity contribution is 0.0763. The topological polar surface area (TPSA) is 29.1 Å². The molecule has 1 aliphatic heterocycles. The van der Waals surface area contributed by atoms with E-state index in [-0.39, 0.29) is 5.41 Å². The van der Waals surface area contributed by atoms with Crippen LogP contribution in [0.15, 0.2) is 11.4 Å². The summed E-state index contributed by atoms with van der Waals surface area (Å²) >= 11 is 1.66. The SMILES string of the molecule is Cc1cc(C(=O)C2(C)CCNCC2)cs1. The van der Waals surface area contributed by atoms with Gasteiger partial charge in [0.25, 0.3) is 0 Å². The van der Waals surface area contributed by atoms with E-state index in [1.807, 2.05) is 18.4 Å². The fourth-order valence-corrected chi connectivity index (χ4v) is 2.80. The number of carbonyl (C=O) groups is 1. The maximum Gasteiger partial charge on any atom is 0.169 e. The molecule has 2 nitrogen and oxygen atoms in total. The smallest absolute Gasteiger partial charge is 0.169 e. The molecule has 0 bridgehead atoms. The Balaban J connectivity index is 2.19. The molecule has 15 heavy (non-hydrogen) atoms. The van der Waals surface area contributed by atoms with Gasteiger partial charge in [-0.2, -0.15) is 0 Å². The standard InChI is InChI=1S/C12H17NOS/c1-9-7-10(8-15-9)11(14)12(2)3-5-13-6-4-12/h7-8,13H,3-6H2,1-2H3. The highest BCUT2D eigenvalue weighted by Gasteiger charge is 2.35. The third-order valence-corrected chi connectivity index (χ3v) is 4.11. The molecule has 0 unspecified atom stereocenters. The second-order valence-corrected chi connectivity index (χ2v) is 5.70. The summed E-state index contributed by atoms with van der Waals surface area (Å²) < 4.78 is 0. The van der Waals surface area contributed by atoms with E-state index in [0.29, 0.717) is 5.78 Å². The van der Waals surface area contributed by atoms with Crippen molar-refractivity contribution in [2.75, 3.05) is 13.1 Å². The number of thiophene rings is 1. The highest BCUT2D eigenvalue weighted by atomic mass is 32.1. The average molecular weight is 223 g/mol. The van der Waals surface area contributed by atoms with Crippen LogP contribution in [0.1, 0.15) is 35.0 Å². The van der Waals surface area contributed by atoms with E-state index in [9.17, 15) is 4.79 Å². The Bertz CT molecular complexity index is 363. The highest BCUT2D eigenvalue weighted by Crippen LogP contribution is 2.33. The maximum absolute atomic E-state index is 12.3. The molecule has 1 N–H and O–H groups in total. The van der Waals surface area contributed by atoms with Gasteiger partial charge in [-0.1, -0.05) is 6.92 Å². The predicted octanol–water partition coefficient (Wildman–Crippen LogP) is 2.63.